The van der Waals surface area contributed by atoms with Gasteiger partial charge >= 0.3 is 0 Å². The highest BCUT2D eigenvalue weighted by molar-refractivity contribution is 8.00. The molecule has 1 saturated heterocycles. The van der Waals surface area contributed by atoms with Gasteiger partial charge in [-0.15, -0.1) is 11.8 Å². The monoisotopic (exact) mass is 412 g/mol. The highest BCUT2D eigenvalue weighted by atomic mass is 32.2. The lowest BCUT2D eigenvalue weighted by Crippen LogP contribution is -2.51. The number of amides is 2. The summed E-state index contributed by atoms with van der Waals surface area (Å²) in [6.07, 6.45) is 0.387. The summed E-state index contributed by atoms with van der Waals surface area (Å²) in [5, 5.41) is 9.71. The standard InChI is InChI=1S/C20H20N4O2S2/c1-12-7-8-14-16(9-12)28-20(21-14)24-18(26)11-27-19-22-15(10-17(25)23-19)13-5-3-2-4-6-13/h2-9,15,19,22H,10-11H2,1H3,(H,23,25)(H,21,24,26). The zero-order chi connectivity index (χ0) is 19.5. The third kappa shape index (κ3) is 4.52. The maximum Gasteiger partial charge on any atom is 0.236 e. The molecule has 2 unspecified atom stereocenters. The van der Waals surface area contributed by atoms with Crippen molar-refractivity contribution in [1.82, 2.24) is 15.6 Å². The van der Waals surface area contributed by atoms with Gasteiger partial charge in [0.2, 0.25) is 11.8 Å². The average molecular weight is 413 g/mol. The van der Waals surface area contributed by atoms with Gasteiger partial charge in [-0.3, -0.25) is 14.9 Å². The third-order valence-electron chi connectivity index (χ3n) is 4.41. The smallest absolute Gasteiger partial charge is 0.236 e. The molecule has 8 heteroatoms. The molecule has 3 aromatic rings. The maximum atomic E-state index is 12.3. The van der Waals surface area contributed by atoms with E-state index in [1.54, 1.807) is 0 Å². The van der Waals surface area contributed by atoms with Gasteiger partial charge in [-0.2, -0.15) is 0 Å². The van der Waals surface area contributed by atoms with Gasteiger partial charge in [-0.1, -0.05) is 47.7 Å². The van der Waals surface area contributed by atoms with Crippen LogP contribution >= 0.6 is 23.1 Å². The normalized spacial score (nSPS) is 19.4. The second kappa shape index (κ2) is 8.30. The van der Waals surface area contributed by atoms with Gasteiger partial charge in [0, 0.05) is 12.5 Å². The molecule has 1 aromatic heterocycles. The number of fused-ring (bicyclic) bond motifs is 1. The van der Waals surface area contributed by atoms with E-state index in [0.717, 1.165) is 21.3 Å². The van der Waals surface area contributed by atoms with Crippen LogP contribution in [0.15, 0.2) is 48.5 Å². The summed E-state index contributed by atoms with van der Waals surface area (Å²) in [5.41, 5.74) is 2.80. The number of thiazole rings is 1. The molecule has 0 bridgehead atoms. The summed E-state index contributed by atoms with van der Waals surface area (Å²) in [6.45, 7) is 2.03. The molecule has 28 heavy (non-hydrogen) atoms. The molecular weight excluding hydrogens is 392 g/mol. The van der Waals surface area contributed by atoms with Crippen molar-refractivity contribution < 1.29 is 9.59 Å². The van der Waals surface area contributed by atoms with Gasteiger partial charge in [0.05, 0.1) is 16.0 Å². The largest absolute Gasteiger partial charge is 0.332 e. The lowest BCUT2D eigenvalue weighted by molar-refractivity contribution is -0.123. The Bertz CT molecular complexity index is 1010. The molecule has 0 radical (unpaired) electrons. The fraction of sp³-hybridized carbons (Fsp3) is 0.250. The molecular formula is C20H20N4O2S2. The Balaban J connectivity index is 1.33. The fourth-order valence-corrected chi connectivity index (χ4v) is 4.91. The van der Waals surface area contributed by atoms with E-state index in [2.05, 4.69) is 27.0 Å². The van der Waals surface area contributed by atoms with E-state index in [1.165, 1.54) is 23.1 Å². The Labute approximate surface area is 171 Å². The van der Waals surface area contributed by atoms with Crippen LogP contribution in [0.1, 0.15) is 23.6 Å². The van der Waals surface area contributed by atoms with E-state index in [9.17, 15) is 9.59 Å². The van der Waals surface area contributed by atoms with E-state index in [1.807, 2.05) is 49.4 Å². The topological polar surface area (TPSA) is 83.1 Å². The van der Waals surface area contributed by atoms with Gasteiger partial charge in [0.15, 0.2) is 5.13 Å². The van der Waals surface area contributed by atoms with Crippen LogP contribution in [0.5, 0.6) is 0 Å². The van der Waals surface area contributed by atoms with Gasteiger partial charge < -0.3 is 10.6 Å². The lowest BCUT2D eigenvalue weighted by atomic mass is 10.0. The predicted octanol–water partition coefficient (Wildman–Crippen LogP) is 3.41. The van der Waals surface area contributed by atoms with Crippen molar-refractivity contribution >= 4 is 50.3 Å². The Morgan fingerprint density at radius 1 is 1.29 bits per heavy atom. The molecule has 1 fully saturated rings. The summed E-state index contributed by atoms with van der Waals surface area (Å²) < 4.78 is 1.05. The number of hydrogen-bond acceptors (Lipinski definition) is 6. The number of rotatable bonds is 5. The Morgan fingerprint density at radius 3 is 2.93 bits per heavy atom. The molecule has 2 amide bonds. The van der Waals surface area contributed by atoms with Crippen LogP contribution in [-0.2, 0) is 9.59 Å². The molecule has 0 saturated carbocycles. The summed E-state index contributed by atoms with van der Waals surface area (Å²) in [4.78, 5) is 28.8. The van der Waals surface area contributed by atoms with Gasteiger partial charge in [-0.05, 0) is 30.2 Å². The first-order valence-corrected chi connectivity index (χ1v) is 10.8. The molecule has 0 spiro atoms. The minimum atomic E-state index is -0.310. The minimum absolute atomic E-state index is 0.0212. The second-order valence-electron chi connectivity index (χ2n) is 6.63. The fourth-order valence-electron chi connectivity index (χ4n) is 3.06. The second-order valence-corrected chi connectivity index (χ2v) is 8.76. The molecule has 2 aromatic carbocycles. The number of aromatic nitrogens is 1. The predicted molar refractivity (Wildman–Crippen MR) is 114 cm³/mol. The molecule has 1 aliphatic rings. The van der Waals surface area contributed by atoms with Crippen molar-refractivity contribution in [2.75, 3.05) is 11.1 Å². The van der Waals surface area contributed by atoms with E-state index >= 15 is 0 Å². The third-order valence-corrected chi connectivity index (χ3v) is 6.36. The van der Waals surface area contributed by atoms with Crippen LogP contribution in [0.3, 0.4) is 0 Å². The van der Waals surface area contributed by atoms with Crippen molar-refractivity contribution in [2.45, 2.75) is 24.9 Å². The van der Waals surface area contributed by atoms with Gasteiger partial charge in [-0.25, -0.2) is 4.98 Å². The van der Waals surface area contributed by atoms with E-state index in [0.29, 0.717) is 11.6 Å². The van der Waals surface area contributed by atoms with Crippen LogP contribution < -0.4 is 16.0 Å². The van der Waals surface area contributed by atoms with Crippen LogP contribution in [0, 0.1) is 6.92 Å². The van der Waals surface area contributed by atoms with Crippen molar-refractivity contribution in [3.8, 4) is 0 Å². The van der Waals surface area contributed by atoms with E-state index in [-0.39, 0.29) is 29.1 Å². The first kappa shape index (κ1) is 18.9. The summed E-state index contributed by atoms with van der Waals surface area (Å²) in [5.74, 6) is 0.0553. The SMILES string of the molecule is Cc1ccc2nc(NC(=O)CSC3NC(=O)CC(c4ccccc4)N3)sc2c1. The Kier molecular flexibility index (Phi) is 5.61. The number of nitrogens with zero attached hydrogens (tertiary/aromatic N) is 1. The van der Waals surface area contributed by atoms with Crippen LogP contribution in [0.4, 0.5) is 5.13 Å². The summed E-state index contributed by atoms with van der Waals surface area (Å²) >= 11 is 2.82. The molecule has 144 valence electrons. The van der Waals surface area contributed by atoms with Gasteiger partial charge in [0.1, 0.15) is 5.50 Å². The van der Waals surface area contributed by atoms with Crippen molar-refractivity contribution in [3.05, 3.63) is 59.7 Å². The number of nitrogens with one attached hydrogen (secondary N) is 3. The number of benzene rings is 2. The average Bonchev–Trinajstić information content (AvgIpc) is 3.08. The minimum Gasteiger partial charge on any atom is -0.332 e. The molecule has 1 aliphatic heterocycles. The first-order valence-electron chi connectivity index (χ1n) is 8.96. The lowest BCUT2D eigenvalue weighted by Gasteiger charge is -2.31. The Hall–Kier alpha value is -2.42. The molecule has 3 N–H and O–H groups in total. The highest BCUT2D eigenvalue weighted by Gasteiger charge is 2.27. The number of anilines is 1. The van der Waals surface area contributed by atoms with Crippen LogP contribution in [-0.4, -0.2) is 28.0 Å². The Morgan fingerprint density at radius 2 is 2.11 bits per heavy atom. The van der Waals surface area contributed by atoms with Crippen molar-refractivity contribution in [2.24, 2.45) is 0 Å². The molecule has 6 nitrogen and oxygen atoms in total. The summed E-state index contributed by atoms with van der Waals surface area (Å²) in [7, 11) is 0. The molecule has 4 rings (SSSR count). The van der Waals surface area contributed by atoms with Crippen molar-refractivity contribution in [1.29, 1.82) is 0 Å². The molecule has 2 heterocycles. The number of carbonyl (C=O) groups is 2. The van der Waals surface area contributed by atoms with Gasteiger partial charge in [0.25, 0.3) is 0 Å². The zero-order valence-corrected chi connectivity index (χ0v) is 16.9. The van der Waals surface area contributed by atoms with E-state index < -0.39 is 0 Å². The van der Waals surface area contributed by atoms with Crippen molar-refractivity contribution in [3.63, 3.8) is 0 Å². The van der Waals surface area contributed by atoms with Crippen LogP contribution in [0.2, 0.25) is 0 Å². The maximum absolute atomic E-state index is 12.3. The highest BCUT2D eigenvalue weighted by Crippen LogP contribution is 2.27. The molecule has 0 aliphatic carbocycles. The summed E-state index contributed by atoms with van der Waals surface area (Å²) in [6, 6.07) is 15.8. The number of hydrogen-bond donors (Lipinski definition) is 3. The number of aryl methyl sites for hydroxylation is 1. The zero-order valence-electron chi connectivity index (χ0n) is 15.3. The van der Waals surface area contributed by atoms with Crippen LogP contribution in [0.25, 0.3) is 10.2 Å². The van der Waals surface area contributed by atoms with E-state index in [4.69, 9.17) is 0 Å². The number of carbonyl (C=O) groups excluding carboxylic acids is 2. The first-order chi connectivity index (χ1) is 13.6. The molecule has 2 atom stereocenters. The number of thioether (sulfide) groups is 1. The quantitative estimate of drug-likeness (QED) is 0.598.